The van der Waals surface area contributed by atoms with Gasteiger partial charge < -0.3 is 18.9 Å². The lowest BCUT2D eigenvalue weighted by atomic mass is 10.2. The van der Waals surface area contributed by atoms with Crippen LogP contribution >= 0.6 is 0 Å². The maximum Gasteiger partial charge on any atom is 0.118 e. The van der Waals surface area contributed by atoms with Gasteiger partial charge in [0.15, 0.2) is 0 Å². The maximum absolute atomic E-state index is 5.96. The van der Waals surface area contributed by atoms with Crippen LogP contribution in [0.4, 0.5) is 0 Å². The first kappa shape index (κ1) is 16.0. The Morgan fingerprint density at radius 3 is 2.35 bits per heavy atom. The highest BCUT2D eigenvalue weighted by Crippen LogP contribution is 2.20. The minimum Gasteiger partial charge on any atom is -0.497 e. The Labute approximate surface area is 136 Å². The van der Waals surface area contributed by atoms with E-state index in [0.29, 0.717) is 19.8 Å². The molecule has 0 aliphatic carbocycles. The van der Waals surface area contributed by atoms with Crippen molar-refractivity contribution in [1.29, 1.82) is 0 Å². The molecule has 0 spiro atoms. The molecule has 0 aromatic heterocycles. The van der Waals surface area contributed by atoms with Crippen molar-refractivity contribution in [2.24, 2.45) is 0 Å². The summed E-state index contributed by atoms with van der Waals surface area (Å²) in [4.78, 5) is 0. The molecular weight excluding hydrogens is 292 g/mol. The predicted molar refractivity (Wildman–Crippen MR) is 87.4 cm³/mol. The molecule has 0 unspecified atom stereocenters. The molecule has 1 saturated heterocycles. The molecule has 23 heavy (non-hydrogen) atoms. The Morgan fingerprint density at radius 1 is 1.00 bits per heavy atom. The zero-order valence-electron chi connectivity index (χ0n) is 13.3. The molecule has 4 heteroatoms. The Morgan fingerprint density at radius 2 is 1.70 bits per heavy atom. The molecule has 1 aliphatic rings. The minimum atomic E-state index is -0.0199. The fourth-order valence-corrected chi connectivity index (χ4v) is 2.33. The van der Waals surface area contributed by atoms with E-state index in [0.717, 1.165) is 23.5 Å². The van der Waals surface area contributed by atoms with Crippen LogP contribution in [0.2, 0.25) is 0 Å². The molecule has 1 fully saturated rings. The Bertz CT molecular complexity index is 578. The smallest absolute Gasteiger partial charge is 0.118 e. The number of rotatable bonds is 9. The van der Waals surface area contributed by atoms with Crippen molar-refractivity contribution in [1.82, 2.24) is 0 Å². The summed E-state index contributed by atoms with van der Waals surface area (Å²) >= 11 is 0. The fraction of sp³-hybridized carbons (Fsp3) is 0.368. The SMILES string of the molecule is COc1ccc(COC[C@H](OCc2ccccc2)[C@H]2CO2)cc1. The van der Waals surface area contributed by atoms with Crippen molar-refractivity contribution in [2.45, 2.75) is 25.4 Å². The molecule has 0 radical (unpaired) electrons. The first-order valence-corrected chi connectivity index (χ1v) is 7.83. The molecule has 0 saturated carbocycles. The normalized spacial score (nSPS) is 17.7. The van der Waals surface area contributed by atoms with E-state index >= 15 is 0 Å². The zero-order chi connectivity index (χ0) is 15.9. The van der Waals surface area contributed by atoms with E-state index in [1.807, 2.05) is 42.5 Å². The molecule has 2 aromatic carbocycles. The van der Waals surface area contributed by atoms with Gasteiger partial charge in [-0.05, 0) is 23.3 Å². The highest BCUT2D eigenvalue weighted by Gasteiger charge is 2.33. The summed E-state index contributed by atoms with van der Waals surface area (Å²) in [6.07, 6.45) is 0.142. The van der Waals surface area contributed by atoms with Crippen LogP contribution in [0.25, 0.3) is 0 Å². The van der Waals surface area contributed by atoms with Gasteiger partial charge in [-0.15, -0.1) is 0 Å². The predicted octanol–water partition coefficient (Wildman–Crippen LogP) is 3.20. The molecule has 122 valence electrons. The Balaban J connectivity index is 1.44. The first-order chi connectivity index (χ1) is 11.3. The summed E-state index contributed by atoms with van der Waals surface area (Å²) in [6, 6.07) is 18.0. The van der Waals surface area contributed by atoms with Gasteiger partial charge in [-0.3, -0.25) is 0 Å². The van der Waals surface area contributed by atoms with Crippen LogP contribution in [0.15, 0.2) is 54.6 Å². The third-order valence-electron chi connectivity index (χ3n) is 3.79. The average Bonchev–Trinajstić information content (AvgIpc) is 3.44. The molecule has 3 rings (SSSR count). The summed E-state index contributed by atoms with van der Waals surface area (Å²) in [7, 11) is 1.66. The zero-order valence-corrected chi connectivity index (χ0v) is 13.3. The molecule has 2 aromatic rings. The van der Waals surface area contributed by atoms with Gasteiger partial charge in [-0.2, -0.15) is 0 Å². The van der Waals surface area contributed by atoms with E-state index in [-0.39, 0.29) is 12.2 Å². The van der Waals surface area contributed by atoms with Gasteiger partial charge in [0.25, 0.3) is 0 Å². The van der Waals surface area contributed by atoms with Crippen LogP contribution in [0.5, 0.6) is 5.75 Å². The van der Waals surface area contributed by atoms with Gasteiger partial charge in [-0.1, -0.05) is 42.5 Å². The number of hydrogen-bond donors (Lipinski definition) is 0. The molecular formula is C19H22O4. The van der Waals surface area contributed by atoms with Crippen LogP contribution < -0.4 is 4.74 Å². The minimum absolute atomic E-state index is 0.0199. The van der Waals surface area contributed by atoms with Gasteiger partial charge in [0, 0.05) is 0 Å². The monoisotopic (exact) mass is 314 g/mol. The summed E-state index contributed by atoms with van der Waals surface area (Å²) in [6.45, 7) is 2.42. The van der Waals surface area contributed by atoms with Crippen LogP contribution in [0, 0.1) is 0 Å². The van der Waals surface area contributed by atoms with Gasteiger partial charge in [-0.25, -0.2) is 0 Å². The summed E-state index contributed by atoms with van der Waals surface area (Å²) in [5, 5.41) is 0. The van der Waals surface area contributed by atoms with E-state index in [2.05, 4.69) is 12.1 Å². The highest BCUT2D eigenvalue weighted by atomic mass is 16.6. The molecule has 0 N–H and O–H groups in total. The molecule has 2 atom stereocenters. The van der Waals surface area contributed by atoms with Crippen LogP contribution in [0.1, 0.15) is 11.1 Å². The van der Waals surface area contributed by atoms with Crippen molar-refractivity contribution in [3.05, 3.63) is 65.7 Å². The molecule has 0 amide bonds. The standard InChI is InChI=1S/C19H22O4/c1-20-17-9-7-16(8-10-17)11-21-13-18(19-14-23-19)22-12-15-5-3-2-4-6-15/h2-10,18-19H,11-14H2,1H3/t18-,19+/m0/s1. The average molecular weight is 314 g/mol. The first-order valence-electron chi connectivity index (χ1n) is 7.83. The van der Waals surface area contributed by atoms with Crippen molar-refractivity contribution < 1.29 is 18.9 Å². The molecule has 4 nitrogen and oxygen atoms in total. The molecule has 1 aliphatic heterocycles. The third-order valence-corrected chi connectivity index (χ3v) is 3.79. The summed E-state index contributed by atoms with van der Waals surface area (Å²) in [5.41, 5.74) is 2.28. The number of epoxide rings is 1. The van der Waals surface area contributed by atoms with E-state index in [9.17, 15) is 0 Å². The maximum atomic E-state index is 5.96. The van der Waals surface area contributed by atoms with Crippen LogP contribution in [0.3, 0.4) is 0 Å². The summed E-state index contributed by atoms with van der Waals surface area (Å²) < 4.78 is 22.3. The summed E-state index contributed by atoms with van der Waals surface area (Å²) in [5.74, 6) is 0.851. The molecule has 1 heterocycles. The largest absolute Gasteiger partial charge is 0.497 e. The second kappa shape index (κ2) is 8.11. The van der Waals surface area contributed by atoms with Crippen molar-refractivity contribution in [2.75, 3.05) is 20.3 Å². The second-order valence-electron chi connectivity index (χ2n) is 5.57. The lowest BCUT2D eigenvalue weighted by molar-refractivity contribution is -0.0417. The van der Waals surface area contributed by atoms with E-state index in [1.165, 1.54) is 0 Å². The Kier molecular flexibility index (Phi) is 5.64. The third kappa shape index (κ3) is 5.06. The van der Waals surface area contributed by atoms with Gasteiger partial charge in [0.2, 0.25) is 0 Å². The van der Waals surface area contributed by atoms with E-state index < -0.39 is 0 Å². The van der Waals surface area contributed by atoms with E-state index in [1.54, 1.807) is 7.11 Å². The molecule has 0 bridgehead atoms. The second-order valence-corrected chi connectivity index (χ2v) is 5.57. The van der Waals surface area contributed by atoms with Crippen molar-refractivity contribution in [3.8, 4) is 5.75 Å². The van der Waals surface area contributed by atoms with Gasteiger partial charge >= 0.3 is 0 Å². The topological polar surface area (TPSA) is 40.2 Å². The number of hydrogen-bond acceptors (Lipinski definition) is 4. The van der Waals surface area contributed by atoms with Gasteiger partial charge in [0.05, 0.1) is 33.5 Å². The van der Waals surface area contributed by atoms with Crippen LogP contribution in [-0.4, -0.2) is 32.5 Å². The number of methoxy groups -OCH3 is 1. The quantitative estimate of drug-likeness (QED) is 0.667. The van der Waals surface area contributed by atoms with Crippen LogP contribution in [-0.2, 0) is 27.4 Å². The van der Waals surface area contributed by atoms with Crippen molar-refractivity contribution in [3.63, 3.8) is 0 Å². The number of ether oxygens (including phenoxy) is 4. The van der Waals surface area contributed by atoms with Crippen molar-refractivity contribution >= 4 is 0 Å². The van der Waals surface area contributed by atoms with Gasteiger partial charge in [0.1, 0.15) is 18.0 Å². The lowest BCUT2D eigenvalue weighted by Crippen LogP contribution is -2.25. The highest BCUT2D eigenvalue weighted by molar-refractivity contribution is 5.26. The lowest BCUT2D eigenvalue weighted by Gasteiger charge is -2.16. The Hall–Kier alpha value is -1.88. The van der Waals surface area contributed by atoms with E-state index in [4.69, 9.17) is 18.9 Å². The number of benzene rings is 2. The fourth-order valence-electron chi connectivity index (χ4n) is 2.33.